The minimum Gasteiger partial charge on any atom is -0.324 e. The quantitative estimate of drug-likeness (QED) is 0.570. The highest BCUT2D eigenvalue weighted by Crippen LogP contribution is 2.07. The molecule has 3 rings (SSSR count). The molecule has 2 heteroatoms. The number of hydrogen-bond donors (Lipinski definition) is 0. The highest BCUT2D eigenvalue weighted by atomic mass is 14.8. The summed E-state index contributed by atoms with van der Waals surface area (Å²) in [5.74, 6) is 0. The topological polar surface area (TPSA) is 17.3 Å². The van der Waals surface area contributed by atoms with Gasteiger partial charge in [0.1, 0.15) is 0 Å². The summed E-state index contributed by atoms with van der Waals surface area (Å²) >= 11 is 0. The maximum Gasteiger partial charge on any atom is 0.0452 e. The van der Waals surface area contributed by atoms with E-state index in [0.717, 1.165) is 5.69 Å². The van der Waals surface area contributed by atoms with Crippen molar-refractivity contribution in [1.82, 2.24) is 9.38 Å². The maximum atomic E-state index is 3.98. The van der Waals surface area contributed by atoms with E-state index in [1.54, 1.807) is 6.20 Å². The van der Waals surface area contributed by atoms with Crippen molar-refractivity contribution in [3.8, 4) is 0 Å². The summed E-state index contributed by atoms with van der Waals surface area (Å²) in [4.78, 5) is 3.98. The Labute approximate surface area is 102 Å². The lowest BCUT2D eigenvalue weighted by molar-refractivity contribution is 1.19. The van der Waals surface area contributed by atoms with Crippen LogP contribution in [0.25, 0.3) is 5.52 Å². The first-order valence-corrected chi connectivity index (χ1v) is 5.67. The highest BCUT2D eigenvalue weighted by molar-refractivity contribution is 5.49. The van der Waals surface area contributed by atoms with E-state index in [0.29, 0.717) is 0 Å². The van der Waals surface area contributed by atoms with Crippen LogP contribution in [0.2, 0.25) is 0 Å². The van der Waals surface area contributed by atoms with Crippen LogP contribution < -0.4 is 0 Å². The van der Waals surface area contributed by atoms with Crippen LogP contribution in [-0.4, -0.2) is 9.38 Å². The van der Waals surface area contributed by atoms with E-state index in [1.807, 2.05) is 31.2 Å². The second kappa shape index (κ2) is 5.30. The van der Waals surface area contributed by atoms with Crippen LogP contribution in [-0.2, 0) is 0 Å². The lowest BCUT2D eigenvalue weighted by Crippen LogP contribution is -1.75. The van der Waals surface area contributed by atoms with Gasteiger partial charge in [0.15, 0.2) is 0 Å². The third-order valence-corrected chi connectivity index (χ3v) is 2.45. The van der Waals surface area contributed by atoms with Crippen LogP contribution in [0.5, 0.6) is 0 Å². The molecule has 0 aliphatic heterocycles. The van der Waals surface area contributed by atoms with Crippen molar-refractivity contribution < 1.29 is 0 Å². The third-order valence-electron chi connectivity index (χ3n) is 2.45. The van der Waals surface area contributed by atoms with Crippen LogP contribution in [0.1, 0.15) is 11.3 Å². The zero-order valence-electron chi connectivity index (χ0n) is 10.2. The molecular weight excluding hydrogens is 208 g/mol. The van der Waals surface area contributed by atoms with Crippen LogP contribution in [0.3, 0.4) is 0 Å². The van der Waals surface area contributed by atoms with E-state index in [2.05, 4.69) is 46.9 Å². The molecule has 0 spiro atoms. The first-order valence-electron chi connectivity index (χ1n) is 5.67. The molecule has 0 radical (unpaired) electrons. The van der Waals surface area contributed by atoms with Gasteiger partial charge < -0.3 is 4.40 Å². The van der Waals surface area contributed by atoms with Crippen LogP contribution >= 0.6 is 0 Å². The van der Waals surface area contributed by atoms with Gasteiger partial charge in [-0.15, -0.1) is 0 Å². The van der Waals surface area contributed by atoms with Gasteiger partial charge in [-0.2, -0.15) is 0 Å². The van der Waals surface area contributed by atoms with Gasteiger partial charge >= 0.3 is 0 Å². The van der Waals surface area contributed by atoms with E-state index in [9.17, 15) is 0 Å². The molecule has 3 aromatic rings. The Morgan fingerprint density at radius 3 is 2.41 bits per heavy atom. The molecule has 0 aromatic carbocycles. The Balaban J connectivity index is 0.000000136. The molecule has 0 saturated carbocycles. The summed E-state index contributed by atoms with van der Waals surface area (Å²) in [7, 11) is 0. The Morgan fingerprint density at radius 2 is 1.82 bits per heavy atom. The van der Waals surface area contributed by atoms with E-state index in [4.69, 9.17) is 0 Å². The Bertz CT molecular complexity index is 549. The number of nitrogens with zero attached hydrogens (tertiary/aromatic N) is 2. The van der Waals surface area contributed by atoms with Gasteiger partial charge in [-0.1, -0.05) is 12.1 Å². The zero-order chi connectivity index (χ0) is 12.1. The molecule has 0 aliphatic carbocycles. The Morgan fingerprint density at radius 1 is 1.00 bits per heavy atom. The number of aromatic nitrogens is 2. The predicted octanol–water partition coefficient (Wildman–Crippen LogP) is 3.64. The molecule has 0 saturated heterocycles. The first kappa shape index (κ1) is 11.4. The summed E-state index contributed by atoms with van der Waals surface area (Å²) in [5.41, 5.74) is 3.65. The summed E-state index contributed by atoms with van der Waals surface area (Å²) in [6.07, 6.45) is 5.97. The fraction of sp³-hybridized carbons (Fsp3) is 0.133. The van der Waals surface area contributed by atoms with Crippen LogP contribution in [0, 0.1) is 13.8 Å². The molecular formula is C15H16N2. The van der Waals surface area contributed by atoms with Crippen molar-refractivity contribution >= 4 is 5.52 Å². The summed E-state index contributed by atoms with van der Waals surface area (Å²) in [6.45, 7) is 4.08. The lowest BCUT2D eigenvalue weighted by atomic mass is 10.3. The number of rotatable bonds is 0. The second-order valence-electron chi connectivity index (χ2n) is 4.02. The van der Waals surface area contributed by atoms with Gasteiger partial charge in [0.2, 0.25) is 0 Å². The maximum absolute atomic E-state index is 3.98. The predicted molar refractivity (Wildman–Crippen MR) is 71.1 cm³/mol. The van der Waals surface area contributed by atoms with Crippen molar-refractivity contribution in [2.24, 2.45) is 0 Å². The fourth-order valence-corrected chi connectivity index (χ4v) is 1.65. The van der Waals surface area contributed by atoms with Crippen molar-refractivity contribution in [2.45, 2.75) is 13.8 Å². The number of hydrogen-bond acceptors (Lipinski definition) is 1. The van der Waals surface area contributed by atoms with E-state index in [1.165, 1.54) is 11.1 Å². The molecule has 0 aliphatic rings. The molecule has 2 nitrogen and oxygen atoms in total. The van der Waals surface area contributed by atoms with Crippen LogP contribution in [0.15, 0.2) is 61.1 Å². The number of pyridine rings is 2. The normalized spacial score (nSPS) is 9.76. The second-order valence-corrected chi connectivity index (χ2v) is 4.02. The summed E-state index contributed by atoms with van der Waals surface area (Å²) < 4.78 is 2.12. The average Bonchev–Trinajstić information content (AvgIpc) is 2.71. The molecule has 0 atom stereocenters. The van der Waals surface area contributed by atoms with E-state index < -0.39 is 0 Å². The fourth-order valence-electron chi connectivity index (χ4n) is 1.65. The average molecular weight is 224 g/mol. The van der Waals surface area contributed by atoms with Gasteiger partial charge in [-0.05, 0) is 49.7 Å². The summed E-state index contributed by atoms with van der Waals surface area (Å²) in [6, 6.07) is 14.2. The first-order chi connectivity index (χ1) is 8.25. The SMILES string of the molecule is Cc1cc2ccccn2c1.Cc1ccccn1. The number of aryl methyl sites for hydroxylation is 2. The number of fused-ring (bicyclic) bond motifs is 1. The van der Waals surface area contributed by atoms with Gasteiger partial charge in [-0.3, -0.25) is 4.98 Å². The Kier molecular flexibility index (Phi) is 3.55. The van der Waals surface area contributed by atoms with Crippen molar-refractivity contribution in [2.75, 3.05) is 0 Å². The molecule has 0 unspecified atom stereocenters. The molecule has 3 heterocycles. The third kappa shape index (κ3) is 3.18. The van der Waals surface area contributed by atoms with E-state index >= 15 is 0 Å². The van der Waals surface area contributed by atoms with Gasteiger partial charge in [0, 0.05) is 29.8 Å². The standard InChI is InChI=1S/C9H9N.C6H7N/c1-8-6-9-4-2-3-5-10(9)7-8;1-6-4-2-3-5-7-6/h2-7H,1H3;2-5H,1H3. The van der Waals surface area contributed by atoms with E-state index in [-0.39, 0.29) is 0 Å². The molecule has 0 bridgehead atoms. The van der Waals surface area contributed by atoms with Crippen molar-refractivity contribution in [1.29, 1.82) is 0 Å². The van der Waals surface area contributed by atoms with Crippen molar-refractivity contribution in [3.63, 3.8) is 0 Å². The molecule has 86 valence electrons. The Hall–Kier alpha value is -2.09. The molecule has 0 fully saturated rings. The monoisotopic (exact) mass is 224 g/mol. The van der Waals surface area contributed by atoms with Gasteiger partial charge in [0.25, 0.3) is 0 Å². The smallest absolute Gasteiger partial charge is 0.0452 e. The lowest BCUT2D eigenvalue weighted by Gasteiger charge is -1.88. The largest absolute Gasteiger partial charge is 0.324 e. The molecule has 0 N–H and O–H groups in total. The minimum absolute atomic E-state index is 1.07. The van der Waals surface area contributed by atoms with Gasteiger partial charge in [-0.25, -0.2) is 0 Å². The highest BCUT2D eigenvalue weighted by Gasteiger charge is 1.90. The molecule has 0 amide bonds. The van der Waals surface area contributed by atoms with Crippen LogP contribution in [0.4, 0.5) is 0 Å². The summed E-state index contributed by atoms with van der Waals surface area (Å²) in [5, 5.41) is 0. The van der Waals surface area contributed by atoms with Gasteiger partial charge in [0.05, 0.1) is 0 Å². The minimum atomic E-state index is 1.07. The van der Waals surface area contributed by atoms with Crippen molar-refractivity contribution in [3.05, 3.63) is 72.3 Å². The molecule has 3 aromatic heterocycles. The molecule has 17 heavy (non-hydrogen) atoms. The zero-order valence-corrected chi connectivity index (χ0v) is 10.2.